The fraction of sp³-hybridized carbons (Fsp3) is 0.0500. The highest BCUT2D eigenvalue weighted by Gasteiger charge is 2.19. The largest absolute Gasteiger partial charge is 0.461 e. The van der Waals surface area contributed by atoms with Gasteiger partial charge in [-0.05, 0) is 42.5 Å². The molecule has 0 unspecified atom stereocenters. The number of nitrogens with one attached hydrogen (secondary N) is 1. The number of para-hydroxylation sites is 1. The number of carbonyl (C=O) groups excluding carboxylic acids is 1. The van der Waals surface area contributed by atoms with Crippen LogP contribution >= 0.6 is 23.4 Å². The molecule has 0 bridgehead atoms. The third kappa shape index (κ3) is 4.33. The van der Waals surface area contributed by atoms with Crippen LogP contribution in [0, 0.1) is 5.82 Å². The lowest BCUT2D eigenvalue weighted by atomic mass is 10.3. The standard InChI is InChI=1S/C20H14ClFN4O2S/c21-15-11-13(8-9-16(15)22)23-18(27)12-29-20-25-24-19(17-7-4-10-28-17)26(20)14-5-2-1-3-6-14/h1-11H,12H2,(H,23,27). The van der Waals surface area contributed by atoms with E-state index in [1.165, 1.54) is 30.0 Å². The zero-order chi connectivity index (χ0) is 20.2. The molecule has 2 aromatic carbocycles. The highest BCUT2D eigenvalue weighted by Crippen LogP contribution is 2.28. The Hall–Kier alpha value is -3.10. The van der Waals surface area contributed by atoms with Crippen molar-refractivity contribution in [3.8, 4) is 17.3 Å². The highest BCUT2D eigenvalue weighted by molar-refractivity contribution is 7.99. The molecule has 0 aliphatic rings. The second-order valence-electron chi connectivity index (χ2n) is 5.92. The summed E-state index contributed by atoms with van der Waals surface area (Å²) < 4.78 is 20.5. The molecule has 6 nitrogen and oxygen atoms in total. The van der Waals surface area contributed by atoms with Crippen molar-refractivity contribution in [3.05, 3.63) is 77.8 Å². The monoisotopic (exact) mass is 428 g/mol. The molecule has 1 amide bonds. The third-order valence-electron chi connectivity index (χ3n) is 3.93. The number of carbonyl (C=O) groups is 1. The molecule has 0 radical (unpaired) electrons. The SMILES string of the molecule is O=C(CSc1nnc(-c2ccco2)n1-c1ccccc1)Nc1ccc(F)c(Cl)c1. The van der Waals surface area contributed by atoms with E-state index in [4.69, 9.17) is 16.0 Å². The second kappa shape index (κ2) is 8.50. The number of hydrogen-bond acceptors (Lipinski definition) is 5. The van der Waals surface area contributed by atoms with Crippen LogP contribution in [0.3, 0.4) is 0 Å². The minimum Gasteiger partial charge on any atom is -0.461 e. The summed E-state index contributed by atoms with van der Waals surface area (Å²) >= 11 is 6.97. The first-order chi connectivity index (χ1) is 14.1. The van der Waals surface area contributed by atoms with Gasteiger partial charge in [0.05, 0.1) is 17.0 Å². The van der Waals surface area contributed by atoms with Crippen LogP contribution in [0.2, 0.25) is 5.02 Å². The molecule has 1 N–H and O–H groups in total. The predicted octanol–water partition coefficient (Wildman–Crippen LogP) is 5.05. The molecule has 4 rings (SSSR count). The van der Waals surface area contributed by atoms with E-state index in [1.54, 1.807) is 18.4 Å². The number of furan rings is 1. The molecule has 0 aliphatic heterocycles. The average Bonchev–Trinajstić information content (AvgIpc) is 3.39. The number of halogens is 2. The van der Waals surface area contributed by atoms with Crippen LogP contribution in [0.5, 0.6) is 0 Å². The molecule has 0 saturated carbocycles. The van der Waals surface area contributed by atoms with E-state index in [9.17, 15) is 9.18 Å². The van der Waals surface area contributed by atoms with E-state index in [-0.39, 0.29) is 16.7 Å². The van der Waals surface area contributed by atoms with E-state index in [0.29, 0.717) is 22.4 Å². The van der Waals surface area contributed by atoms with Crippen LogP contribution in [-0.2, 0) is 4.79 Å². The van der Waals surface area contributed by atoms with Gasteiger partial charge in [0.25, 0.3) is 0 Å². The molecular formula is C20H14ClFN4O2S. The van der Waals surface area contributed by atoms with Gasteiger partial charge in [0, 0.05) is 11.4 Å². The average molecular weight is 429 g/mol. The van der Waals surface area contributed by atoms with E-state index < -0.39 is 5.82 Å². The summed E-state index contributed by atoms with van der Waals surface area (Å²) in [5.41, 5.74) is 1.26. The normalized spacial score (nSPS) is 10.8. The van der Waals surface area contributed by atoms with Crippen molar-refractivity contribution in [2.24, 2.45) is 0 Å². The number of thioether (sulfide) groups is 1. The lowest BCUT2D eigenvalue weighted by Crippen LogP contribution is -2.14. The van der Waals surface area contributed by atoms with E-state index in [1.807, 2.05) is 34.9 Å². The number of nitrogens with zero attached hydrogens (tertiary/aromatic N) is 3. The Bertz CT molecular complexity index is 1130. The number of amides is 1. The van der Waals surface area contributed by atoms with Crippen molar-refractivity contribution < 1.29 is 13.6 Å². The lowest BCUT2D eigenvalue weighted by molar-refractivity contribution is -0.113. The molecule has 146 valence electrons. The predicted molar refractivity (Wildman–Crippen MR) is 110 cm³/mol. The van der Waals surface area contributed by atoms with Crippen LogP contribution in [0.15, 0.2) is 76.5 Å². The van der Waals surface area contributed by atoms with Gasteiger partial charge in [-0.25, -0.2) is 4.39 Å². The van der Waals surface area contributed by atoms with Crippen molar-refractivity contribution in [1.82, 2.24) is 14.8 Å². The van der Waals surface area contributed by atoms with Crippen LogP contribution in [-0.4, -0.2) is 26.4 Å². The molecule has 0 saturated heterocycles. The first kappa shape index (κ1) is 19.2. The number of aromatic nitrogens is 3. The van der Waals surface area contributed by atoms with Crippen LogP contribution in [0.25, 0.3) is 17.3 Å². The molecule has 29 heavy (non-hydrogen) atoms. The topological polar surface area (TPSA) is 73.0 Å². The Kier molecular flexibility index (Phi) is 5.64. The van der Waals surface area contributed by atoms with E-state index in [2.05, 4.69) is 15.5 Å². The van der Waals surface area contributed by atoms with Gasteiger partial charge >= 0.3 is 0 Å². The van der Waals surface area contributed by atoms with E-state index in [0.717, 1.165) is 5.69 Å². The molecule has 2 heterocycles. The Labute approximate surface area is 174 Å². The smallest absolute Gasteiger partial charge is 0.234 e. The van der Waals surface area contributed by atoms with Gasteiger partial charge in [-0.1, -0.05) is 41.6 Å². The van der Waals surface area contributed by atoms with Gasteiger partial charge in [-0.15, -0.1) is 10.2 Å². The Morgan fingerprint density at radius 3 is 2.69 bits per heavy atom. The van der Waals surface area contributed by atoms with Gasteiger partial charge in [0.1, 0.15) is 5.82 Å². The molecule has 0 spiro atoms. The zero-order valence-corrected chi connectivity index (χ0v) is 16.5. The van der Waals surface area contributed by atoms with Crippen molar-refractivity contribution >= 4 is 35.0 Å². The van der Waals surface area contributed by atoms with Gasteiger partial charge in [-0.2, -0.15) is 0 Å². The summed E-state index contributed by atoms with van der Waals surface area (Å²) in [5, 5.41) is 11.6. The molecule has 0 atom stereocenters. The number of hydrogen-bond donors (Lipinski definition) is 1. The number of rotatable bonds is 6. The van der Waals surface area contributed by atoms with E-state index >= 15 is 0 Å². The summed E-state index contributed by atoms with van der Waals surface area (Å²) in [7, 11) is 0. The molecule has 9 heteroatoms. The van der Waals surface area contributed by atoms with Crippen LogP contribution < -0.4 is 5.32 Å². The van der Waals surface area contributed by atoms with Crippen molar-refractivity contribution in [2.45, 2.75) is 5.16 Å². The molecule has 0 fully saturated rings. The maximum absolute atomic E-state index is 13.3. The Balaban J connectivity index is 1.54. The minimum atomic E-state index is -0.541. The third-order valence-corrected chi connectivity index (χ3v) is 5.14. The molecule has 4 aromatic rings. The first-order valence-electron chi connectivity index (χ1n) is 8.54. The van der Waals surface area contributed by atoms with Crippen molar-refractivity contribution in [3.63, 3.8) is 0 Å². The van der Waals surface area contributed by atoms with Gasteiger partial charge in [0.2, 0.25) is 11.7 Å². The maximum atomic E-state index is 13.3. The summed E-state index contributed by atoms with van der Waals surface area (Å²) in [6, 6.07) is 17.1. The van der Waals surface area contributed by atoms with Gasteiger partial charge in [0.15, 0.2) is 10.9 Å². The van der Waals surface area contributed by atoms with Gasteiger partial charge < -0.3 is 9.73 Å². The first-order valence-corrected chi connectivity index (χ1v) is 9.90. The Morgan fingerprint density at radius 1 is 1.14 bits per heavy atom. The summed E-state index contributed by atoms with van der Waals surface area (Å²) in [4.78, 5) is 12.3. The number of anilines is 1. The summed E-state index contributed by atoms with van der Waals surface area (Å²) in [5.74, 6) is 0.367. The van der Waals surface area contributed by atoms with Crippen LogP contribution in [0.1, 0.15) is 0 Å². The fourth-order valence-electron chi connectivity index (χ4n) is 2.64. The highest BCUT2D eigenvalue weighted by atomic mass is 35.5. The second-order valence-corrected chi connectivity index (χ2v) is 7.27. The summed E-state index contributed by atoms with van der Waals surface area (Å²) in [6.07, 6.45) is 1.56. The molecule has 0 aliphatic carbocycles. The zero-order valence-electron chi connectivity index (χ0n) is 14.9. The quantitative estimate of drug-likeness (QED) is 0.435. The van der Waals surface area contributed by atoms with Crippen molar-refractivity contribution in [1.29, 1.82) is 0 Å². The molecule has 2 aromatic heterocycles. The minimum absolute atomic E-state index is 0.0534. The Morgan fingerprint density at radius 2 is 1.97 bits per heavy atom. The lowest BCUT2D eigenvalue weighted by Gasteiger charge is -2.09. The van der Waals surface area contributed by atoms with Crippen molar-refractivity contribution in [2.75, 3.05) is 11.1 Å². The van der Waals surface area contributed by atoms with Crippen LogP contribution in [0.4, 0.5) is 10.1 Å². The fourth-order valence-corrected chi connectivity index (χ4v) is 3.57. The number of benzene rings is 2. The maximum Gasteiger partial charge on any atom is 0.234 e. The van der Waals surface area contributed by atoms with Gasteiger partial charge in [-0.3, -0.25) is 9.36 Å². The summed E-state index contributed by atoms with van der Waals surface area (Å²) in [6.45, 7) is 0. The molecular weight excluding hydrogens is 415 g/mol.